The fourth-order valence-electron chi connectivity index (χ4n) is 3.28. The molecule has 1 aliphatic heterocycles. The lowest BCUT2D eigenvalue weighted by Gasteiger charge is -2.30. The number of anilines is 1. The van der Waals surface area contributed by atoms with Gasteiger partial charge in [0, 0.05) is 29.0 Å². The van der Waals surface area contributed by atoms with Crippen LogP contribution in [0, 0.1) is 5.92 Å². The second kappa shape index (κ2) is 8.40. The molecule has 1 saturated heterocycles. The van der Waals surface area contributed by atoms with Crippen LogP contribution in [0.4, 0.5) is 5.69 Å². The molecule has 1 amide bonds. The van der Waals surface area contributed by atoms with E-state index in [1.165, 1.54) is 9.88 Å². The summed E-state index contributed by atoms with van der Waals surface area (Å²) in [6, 6.07) is 7.54. The molecule has 0 bridgehead atoms. The lowest BCUT2D eigenvalue weighted by atomic mass is 9.95. The number of ether oxygens (including phenoxy) is 1. The maximum atomic E-state index is 12.6. The minimum absolute atomic E-state index is 0.0535. The van der Waals surface area contributed by atoms with E-state index in [2.05, 4.69) is 36.0 Å². The number of hydrogen-bond donors (Lipinski definition) is 1. The number of carbonyl (C=O) groups excluding carboxylic acids is 1. The summed E-state index contributed by atoms with van der Waals surface area (Å²) in [7, 11) is 1.62. The lowest BCUT2D eigenvalue weighted by Crippen LogP contribution is -2.37. The number of nitrogens with zero attached hydrogens (tertiary/aromatic N) is 2. The quantitative estimate of drug-likeness (QED) is 0.831. The van der Waals surface area contributed by atoms with E-state index in [1.807, 2.05) is 30.5 Å². The molecule has 146 valence electrons. The summed E-state index contributed by atoms with van der Waals surface area (Å²) in [5, 5.41) is 4.21. The van der Waals surface area contributed by atoms with Crippen molar-refractivity contribution in [3.05, 3.63) is 40.3 Å². The number of benzene rings is 1. The van der Waals surface area contributed by atoms with Crippen molar-refractivity contribution in [2.75, 3.05) is 25.5 Å². The topological polar surface area (TPSA) is 54.5 Å². The Morgan fingerprint density at radius 3 is 2.63 bits per heavy atom. The van der Waals surface area contributed by atoms with E-state index >= 15 is 0 Å². The summed E-state index contributed by atoms with van der Waals surface area (Å²) in [6.45, 7) is 9.39. The number of rotatable bonds is 5. The first kappa shape index (κ1) is 19.8. The van der Waals surface area contributed by atoms with Crippen molar-refractivity contribution in [2.45, 2.75) is 45.6 Å². The van der Waals surface area contributed by atoms with Crippen LogP contribution in [0.3, 0.4) is 0 Å². The van der Waals surface area contributed by atoms with E-state index in [1.54, 1.807) is 18.4 Å². The number of carbonyl (C=O) groups is 1. The summed E-state index contributed by atoms with van der Waals surface area (Å²) >= 11 is 1.80. The van der Waals surface area contributed by atoms with Gasteiger partial charge in [0.1, 0.15) is 5.75 Å². The van der Waals surface area contributed by atoms with Crippen molar-refractivity contribution in [3.8, 4) is 5.75 Å². The number of piperidine rings is 1. The summed E-state index contributed by atoms with van der Waals surface area (Å²) < 4.78 is 5.32. The highest BCUT2D eigenvalue weighted by Gasteiger charge is 2.26. The van der Waals surface area contributed by atoms with E-state index < -0.39 is 0 Å². The van der Waals surface area contributed by atoms with Gasteiger partial charge in [0.2, 0.25) is 5.91 Å². The van der Waals surface area contributed by atoms with Crippen LogP contribution < -0.4 is 10.1 Å². The maximum Gasteiger partial charge on any atom is 0.227 e. The van der Waals surface area contributed by atoms with Gasteiger partial charge in [-0.05, 0) is 38.1 Å². The number of hydrogen-bond acceptors (Lipinski definition) is 5. The third-order valence-corrected chi connectivity index (χ3v) is 6.31. The molecule has 1 aromatic heterocycles. The largest absolute Gasteiger partial charge is 0.495 e. The molecule has 2 aromatic rings. The first-order valence-corrected chi connectivity index (χ1v) is 10.3. The number of methoxy groups -OCH3 is 1. The zero-order valence-electron chi connectivity index (χ0n) is 16.6. The number of para-hydroxylation sites is 2. The Bertz CT molecular complexity index is 774. The summed E-state index contributed by atoms with van der Waals surface area (Å²) in [5.41, 5.74) is 0.846. The fraction of sp³-hybridized carbons (Fsp3) is 0.524. The predicted octanol–water partition coefficient (Wildman–Crippen LogP) is 4.30. The smallest absolute Gasteiger partial charge is 0.227 e. The Kier molecular flexibility index (Phi) is 6.17. The van der Waals surface area contributed by atoms with Gasteiger partial charge in [-0.25, -0.2) is 4.98 Å². The van der Waals surface area contributed by atoms with E-state index in [9.17, 15) is 4.79 Å². The van der Waals surface area contributed by atoms with Crippen LogP contribution >= 0.6 is 11.3 Å². The molecule has 1 aliphatic rings. The standard InChI is InChI=1S/C21H29N3O2S/c1-21(2,3)20-22-13-16(27-20)14-24-11-9-15(10-12-24)19(25)23-17-7-5-6-8-18(17)26-4/h5-8,13,15H,9-12,14H2,1-4H3,(H,23,25). The first-order chi connectivity index (χ1) is 12.9. The van der Waals surface area contributed by atoms with E-state index in [4.69, 9.17) is 4.74 Å². The Morgan fingerprint density at radius 1 is 1.30 bits per heavy atom. The molecule has 1 N–H and O–H groups in total. The summed E-state index contributed by atoms with van der Waals surface area (Å²) in [4.78, 5) is 20.9. The summed E-state index contributed by atoms with van der Waals surface area (Å²) in [6.07, 6.45) is 3.77. The van der Waals surface area contributed by atoms with Gasteiger partial charge in [0.05, 0.1) is 17.8 Å². The Balaban J connectivity index is 1.51. The molecule has 27 heavy (non-hydrogen) atoms. The second-order valence-electron chi connectivity index (χ2n) is 8.12. The minimum Gasteiger partial charge on any atom is -0.495 e. The number of aromatic nitrogens is 1. The zero-order chi connectivity index (χ0) is 19.4. The molecular formula is C21H29N3O2S. The van der Waals surface area contributed by atoms with Crippen LogP contribution in [-0.2, 0) is 16.8 Å². The van der Waals surface area contributed by atoms with Crippen molar-refractivity contribution >= 4 is 22.9 Å². The molecule has 0 atom stereocenters. The highest BCUT2D eigenvalue weighted by atomic mass is 32.1. The molecule has 3 rings (SSSR count). The molecule has 5 nitrogen and oxygen atoms in total. The highest BCUT2D eigenvalue weighted by molar-refractivity contribution is 7.11. The van der Waals surface area contributed by atoms with Gasteiger partial charge in [0.15, 0.2) is 0 Å². The summed E-state index contributed by atoms with van der Waals surface area (Å²) in [5.74, 6) is 0.841. The zero-order valence-corrected chi connectivity index (χ0v) is 17.4. The third kappa shape index (κ3) is 5.08. The molecule has 6 heteroatoms. The number of nitrogens with one attached hydrogen (secondary N) is 1. The average molecular weight is 388 g/mol. The van der Waals surface area contributed by atoms with Crippen LogP contribution in [0.2, 0.25) is 0 Å². The van der Waals surface area contributed by atoms with Crippen LogP contribution in [0.5, 0.6) is 5.75 Å². The Hall–Kier alpha value is -1.92. The van der Waals surface area contributed by atoms with Crippen LogP contribution in [0.15, 0.2) is 30.5 Å². The Labute approximate surface area is 165 Å². The monoisotopic (exact) mass is 387 g/mol. The molecule has 1 fully saturated rings. The van der Waals surface area contributed by atoms with Crippen molar-refractivity contribution in [1.82, 2.24) is 9.88 Å². The average Bonchev–Trinajstić information content (AvgIpc) is 3.12. The molecule has 2 heterocycles. The maximum absolute atomic E-state index is 12.6. The first-order valence-electron chi connectivity index (χ1n) is 9.48. The van der Waals surface area contributed by atoms with Crippen molar-refractivity contribution < 1.29 is 9.53 Å². The van der Waals surface area contributed by atoms with E-state index in [0.717, 1.165) is 38.2 Å². The van der Waals surface area contributed by atoms with Crippen molar-refractivity contribution in [1.29, 1.82) is 0 Å². The molecule has 1 aromatic carbocycles. The van der Waals surface area contributed by atoms with Crippen LogP contribution in [0.1, 0.15) is 43.5 Å². The van der Waals surface area contributed by atoms with Gasteiger partial charge in [-0.3, -0.25) is 9.69 Å². The van der Waals surface area contributed by atoms with Gasteiger partial charge in [-0.1, -0.05) is 32.9 Å². The van der Waals surface area contributed by atoms with Crippen LogP contribution in [0.25, 0.3) is 0 Å². The minimum atomic E-state index is 0.0535. The van der Waals surface area contributed by atoms with Gasteiger partial charge < -0.3 is 10.1 Å². The van der Waals surface area contributed by atoms with Gasteiger partial charge in [-0.2, -0.15) is 0 Å². The highest BCUT2D eigenvalue weighted by Crippen LogP contribution is 2.29. The van der Waals surface area contributed by atoms with Gasteiger partial charge in [0.25, 0.3) is 0 Å². The molecule has 0 radical (unpaired) electrons. The van der Waals surface area contributed by atoms with Gasteiger partial charge in [-0.15, -0.1) is 11.3 Å². The van der Waals surface area contributed by atoms with E-state index in [0.29, 0.717) is 5.75 Å². The SMILES string of the molecule is COc1ccccc1NC(=O)C1CCN(Cc2cnc(C(C)(C)C)s2)CC1. The van der Waals surface area contributed by atoms with Crippen molar-refractivity contribution in [3.63, 3.8) is 0 Å². The predicted molar refractivity (Wildman–Crippen MR) is 110 cm³/mol. The van der Waals surface area contributed by atoms with Crippen molar-refractivity contribution in [2.24, 2.45) is 5.92 Å². The van der Waals surface area contributed by atoms with E-state index in [-0.39, 0.29) is 17.2 Å². The third-order valence-electron chi connectivity index (χ3n) is 4.90. The lowest BCUT2D eigenvalue weighted by molar-refractivity contribution is -0.121. The number of likely N-dealkylation sites (tertiary alicyclic amines) is 1. The molecular weight excluding hydrogens is 358 g/mol. The number of amides is 1. The Morgan fingerprint density at radius 2 is 2.00 bits per heavy atom. The molecule has 0 aliphatic carbocycles. The van der Waals surface area contributed by atoms with Crippen LogP contribution in [-0.4, -0.2) is 36.0 Å². The normalized spacial score (nSPS) is 16.3. The van der Waals surface area contributed by atoms with Gasteiger partial charge >= 0.3 is 0 Å². The second-order valence-corrected chi connectivity index (χ2v) is 9.24. The fourth-order valence-corrected chi connectivity index (χ4v) is 4.30. The molecule has 0 unspecified atom stereocenters. The molecule has 0 spiro atoms. The molecule has 0 saturated carbocycles. The number of thiazole rings is 1.